The van der Waals surface area contributed by atoms with Gasteiger partial charge in [0.1, 0.15) is 0 Å². The SMILES string of the molecule is NS(=O)(=O)CC1CC(=O)N(Cc2cc(F)c(F)c(F)c2)C1. The van der Waals surface area contributed by atoms with Crippen LogP contribution in [0.4, 0.5) is 13.2 Å². The van der Waals surface area contributed by atoms with Crippen LogP contribution in [0.1, 0.15) is 12.0 Å². The maximum Gasteiger partial charge on any atom is 0.223 e. The number of rotatable bonds is 4. The van der Waals surface area contributed by atoms with Crippen molar-refractivity contribution in [3.05, 3.63) is 35.1 Å². The van der Waals surface area contributed by atoms with Gasteiger partial charge in [-0.25, -0.2) is 26.7 Å². The Morgan fingerprint density at radius 2 is 1.81 bits per heavy atom. The minimum absolute atomic E-state index is 0.00257. The van der Waals surface area contributed by atoms with Gasteiger partial charge in [0, 0.05) is 25.4 Å². The lowest BCUT2D eigenvalue weighted by Crippen LogP contribution is -2.27. The first kappa shape index (κ1) is 15.8. The molecule has 1 amide bonds. The number of hydrogen-bond acceptors (Lipinski definition) is 3. The van der Waals surface area contributed by atoms with Crippen molar-refractivity contribution in [2.75, 3.05) is 12.3 Å². The molecule has 1 fully saturated rings. The second-order valence-electron chi connectivity index (χ2n) is 5.05. The van der Waals surface area contributed by atoms with Crippen LogP contribution in [0.25, 0.3) is 0 Å². The first-order valence-electron chi connectivity index (χ1n) is 6.07. The molecule has 1 aromatic carbocycles. The van der Waals surface area contributed by atoms with Crippen LogP contribution in [0.5, 0.6) is 0 Å². The van der Waals surface area contributed by atoms with E-state index in [0.29, 0.717) is 0 Å². The van der Waals surface area contributed by atoms with E-state index in [2.05, 4.69) is 0 Å². The van der Waals surface area contributed by atoms with E-state index < -0.39 is 33.4 Å². The Kier molecular flexibility index (Phi) is 4.24. The molecule has 0 aliphatic carbocycles. The van der Waals surface area contributed by atoms with Crippen molar-refractivity contribution in [3.8, 4) is 0 Å². The molecule has 0 bridgehead atoms. The third-order valence-corrected chi connectivity index (χ3v) is 4.12. The summed E-state index contributed by atoms with van der Waals surface area (Å²) in [4.78, 5) is 13.0. The molecular formula is C12H13F3N2O3S. The molecule has 1 atom stereocenters. The van der Waals surface area contributed by atoms with Gasteiger partial charge in [0.15, 0.2) is 17.5 Å². The van der Waals surface area contributed by atoms with Crippen LogP contribution in [-0.2, 0) is 21.4 Å². The lowest BCUT2D eigenvalue weighted by atomic mass is 10.1. The number of halogens is 3. The fourth-order valence-electron chi connectivity index (χ4n) is 2.37. The molecule has 116 valence electrons. The van der Waals surface area contributed by atoms with Crippen molar-refractivity contribution in [2.24, 2.45) is 11.1 Å². The molecule has 5 nitrogen and oxygen atoms in total. The van der Waals surface area contributed by atoms with Crippen molar-refractivity contribution in [2.45, 2.75) is 13.0 Å². The van der Waals surface area contributed by atoms with Gasteiger partial charge in [0.25, 0.3) is 0 Å². The van der Waals surface area contributed by atoms with Gasteiger partial charge in [-0.3, -0.25) is 4.79 Å². The van der Waals surface area contributed by atoms with Crippen LogP contribution >= 0.6 is 0 Å². The van der Waals surface area contributed by atoms with Crippen molar-refractivity contribution in [3.63, 3.8) is 0 Å². The molecule has 0 saturated carbocycles. The molecule has 1 aromatic rings. The van der Waals surface area contributed by atoms with Gasteiger partial charge >= 0.3 is 0 Å². The Hall–Kier alpha value is -1.61. The van der Waals surface area contributed by atoms with Gasteiger partial charge in [-0.2, -0.15) is 0 Å². The van der Waals surface area contributed by atoms with Gasteiger partial charge in [-0.05, 0) is 17.7 Å². The second-order valence-corrected chi connectivity index (χ2v) is 6.71. The Balaban J connectivity index is 2.09. The van der Waals surface area contributed by atoms with E-state index in [0.717, 1.165) is 12.1 Å². The number of carbonyl (C=O) groups is 1. The van der Waals surface area contributed by atoms with Crippen molar-refractivity contribution >= 4 is 15.9 Å². The summed E-state index contributed by atoms with van der Waals surface area (Å²) in [7, 11) is -3.69. The molecule has 1 aliphatic heterocycles. The topological polar surface area (TPSA) is 80.5 Å². The molecule has 0 spiro atoms. The van der Waals surface area contributed by atoms with E-state index in [1.54, 1.807) is 0 Å². The molecule has 0 aromatic heterocycles. The molecule has 1 unspecified atom stereocenters. The van der Waals surface area contributed by atoms with Crippen LogP contribution < -0.4 is 5.14 Å². The quantitative estimate of drug-likeness (QED) is 0.830. The summed E-state index contributed by atoms with van der Waals surface area (Å²) < 4.78 is 61.0. The normalized spacial score (nSPS) is 19.3. The summed E-state index contributed by atoms with van der Waals surface area (Å²) in [5.41, 5.74) is 0.0935. The predicted molar refractivity (Wildman–Crippen MR) is 67.8 cm³/mol. The third-order valence-electron chi connectivity index (χ3n) is 3.18. The molecular weight excluding hydrogens is 309 g/mol. The molecule has 1 heterocycles. The summed E-state index contributed by atoms with van der Waals surface area (Å²) in [6, 6.07) is 1.61. The number of benzene rings is 1. The number of likely N-dealkylation sites (tertiary alicyclic amines) is 1. The third kappa shape index (κ3) is 3.94. The molecule has 2 rings (SSSR count). The maximum atomic E-state index is 13.1. The number of primary sulfonamides is 1. The van der Waals surface area contributed by atoms with Gasteiger partial charge in [0.2, 0.25) is 15.9 Å². The van der Waals surface area contributed by atoms with Gasteiger partial charge in [0.05, 0.1) is 5.75 Å². The van der Waals surface area contributed by atoms with Crippen LogP contribution in [0, 0.1) is 23.4 Å². The molecule has 9 heteroatoms. The highest BCUT2D eigenvalue weighted by molar-refractivity contribution is 7.89. The standard InChI is InChI=1S/C12H13F3N2O3S/c13-9-1-7(2-10(14)12(9)15)4-17-5-8(3-11(17)18)6-21(16,19)20/h1-2,8H,3-6H2,(H2,16,19,20). The van der Waals surface area contributed by atoms with E-state index in [1.807, 2.05) is 0 Å². The van der Waals surface area contributed by atoms with E-state index in [1.165, 1.54) is 4.90 Å². The zero-order valence-corrected chi connectivity index (χ0v) is 11.7. The zero-order valence-electron chi connectivity index (χ0n) is 10.9. The summed E-state index contributed by atoms with van der Waals surface area (Å²) >= 11 is 0. The minimum atomic E-state index is -3.69. The zero-order chi connectivity index (χ0) is 15.8. The maximum absolute atomic E-state index is 13.1. The van der Waals surface area contributed by atoms with Gasteiger partial charge in [-0.1, -0.05) is 0 Å². The molecule has 0 radical (unpaired) electrons. The smallest absolute Gasteiger partial charge is 0.223 e. The highest BCUT2D eigenvalue weighted by atomic mass is 32.2. The molecule has 21 heavy (non-hydrogen) atoms. The number of nitrogens with two attached hydrogens (primary N) is 1. The van der Waals surface area contributed by atoms with E-state index >= 15 is 0 Å². The Labute approximate surface area is 119 Å². The van der Waals surface area contributed by atoms with Gasteiger partial charge in [-0.15, -0.1) is 0 Å². The molecule has 1 saturated heterocycles. The summed E-state index contributed by atoms with van der Waals surface area (Å²) in [6.45, 7) is 0.00392. The van der Waals surface area contributed by atoms with Crippen LogP contribution in [0.3, 0.4) is 0 Å². The molecule has 2 N–H and O–H groups in total. The monoisotopic (exact) mass is 322 g/mol. The largest absolute Gasteiger partial charge is 0.338 e. The number of carbonyl (C=O) groups excluding carboxylic acids is 1. The van der Waals surface area contributed by atoms with Crippen LogP contribution in [0.2, 0.25) is 0 Å². The van der Waals surface area contributed by atoms with Crippen molar-refractivity contribution < 1.29 is 26.4 Å². The number of nitrogens with zero attached hydrogens (tertiary/aromatic N) is 1. The second kappa shape index (κ2) is 5.64. The summed E-state index contributed by atoms with van der Waals surface area (Å²) in [6.07, 6.45) is 0.00257. The highest BCUT2D eigenvalue weighted by Crippen LogP contribution is 2.22. The summed E-state index contributed by atoms with van der Waals surface area (Å²) in [5.74, 6) is -5.37. The first-order chi connectivity index (χ1) is 9.65. The average molecular weight is 322 g/mol. The van der Waals surface area contributed by atoms with Crippen molar-refractivity contribution in [1.82, 2.24) is 4.90 Å². The Morgan fingerprint density at radius 1 is 1.24 bits per heavy atom. The number of sulfonamides is 1. The minimum Gasteiger partial charge on any atom is -0.338 e. The Morgan fingerprint density at radius 3 is 2.33 bits per heavy atom. The number of hydrogen-bond donors (Lipinski definition) is 1. The Bertz CT molecular complexity index is 655. The van der Waals surface area contributed by atoms with Crippen molar-refractivity contribution in [1.29, 1.82) is 0 Å². The highest BCUT2D eigenvalue weighted by Gasteiger charge is 2.32. The average Bonchev–Trinajstić information content (AvgIpc) is 2.64. The fourth-order valence-corrected chi connectivity index (χ4v) is 3.25. The fraction of sp³-hybridized carbons (Fsp3) is 0.417. The summed E-state index contributed by atoms with van der Waals surface area (Å²) in [5, 5.41) is 4.92. The van der Waals surface area contributed by atoms with Crippen LogP contribution in [0.15, 0.2) is 12.1 Å². The first-order valence-corrected chi connectivity index (χ1v) is 7.79. The van der Waals surface area contributed by atoms with E-state index in [-0.39, 0.29) is 36.7 Å². The van der Waals surface area contributed by atoms with Gasteiger partial charge < -0.3 is 4.90 Å². The van der Waals surface area contributed by atoms with E-state index in [4.69, 9.17) is 5.14 Å². The van der Waals surface area contributed by atoms with E-state index in [9.17, 15) is 26.4 Å². The predicted octanol–water partition coefficient (Wildman–Crippen LogP) is 0.741. The van der Waals surface area contributed by atoms with Crippen LogP contribution in [-0.4, -0.2) is 31.5 Å². The lowest BCUT2D eigenvalue weighted by Gasteiger charge is -2.16. The molecule has 1 aliphatic rings. The number of amides is 1. The lowest BCUT2D eigenvalue weighted by molar-refractivity contribution is -0.128.